The van der Waals surface area contributed by atoms with E-state index in [0.29, 0.717) is 5.69 Å². The zero-order chi connectivity index (χ0) is 9.42. The molecule has 0 saturated carbocycles. The predicted molar refractivity (Wildman–Crippen MR) is 47.7 cm³/mol. The number of para-hydroxylation sites is 1. The van der Waals surface area contributed by atoms with Crippen molar-refractivity contribution in [3.63, 3.8) is 0 Å². The van der Waals surface area contributed by atoms with E-state index in [9.17, 15) is 14.2 Å². The van der Waals surface area contributed by atoms with E-state index >= 15 is 0 Å². The van der Waals surface area contributed by atoms with Gasteiger partial charge in [0.25, 0.3) is 5.91 Å². The van der Waals surface area contributed by atoms with Gasteiger partial charge < -0.3 is 9.68 Å². The Morgan fingerprint density at radius 3 is 2.85 bits per heavy atom. The van der Waals surface area contributed by atoms with E-state index in [-0.39, 0.29) is 10.0 Å². The van der Waals surface area contributed by atoms with Crippen LogP contribution < -0.4 is 4.72 Å². The lowest BCUT2D eigenvalue weighted by Gasteiger charge is -2.31. The third-order valence-corrected chi connectivity index (χ3v) is 2.53. The van der Waals surface area contributed by atoms with Crippen LogP contribution in [-0.2, 0) is 11.2 Å². The molecule has 13 heavy (non-hydrogen) atoms. The summed E-state index contributed by atoms with van der Waals surface area (Å²) in [5, 5.41) is 10.9. The molecule has 6 heteroatoms. The second-order valence-electron chi connectivity index (χ2n) is 2.46. The molecule has 1 aromatic rings. The zero-order valence-corrected chi connectivity index (χ0v) is 7.21. The monoisotopic (exact) mass is 197 g/mol. The van der Waals surface area contributed by atoms with Crippen molar-refractivity contribution in [1.29, 1.82) is 0 Å². The third kappa shape index (κ3) is 1.20. The van der Waals surface area contributed by atoms with Crippen molar-refractivity contribution in [1.82, 2.24) is 4.47 Å². The highest BCUT2D eigenvalue weighted by molar-refractivity contribution is 7.84. The lowest BCUT2D eigenvalue weighted by atomic mass is 10.2. The number of benzene rings is 1. The number of amides is 1. The number of nitrogens with zero attached hydrogens (tertiary/aromatic N) is 1. The van der Waals surface area contributed by atoms with Gasteiger partial charge in [-0.1, -0.05) is 12.1 Å². The molecule has 1 unspecified atom stereocenters. The molecule has 1 heterocycles. The SMILES string of the molecule is O=C1c2ccccc2NS(=O)N1[O-]. The highest BCUT2D eigenvalue weighted by Gasteiger charge is 2.22. The lowest BCUT2D eigenvalue weighted by molar-refractivity contribution is 0.0901. The predicted octanol–water partition coefficient (Wildman–Crippen LogP) is 0.631. The summed E-state index contributed by atoms with van der Waals surface area (Å²) in [6.45, 7) is 0. The molecule has 1 aromatic carbocycles. The molecule has 1 amide bonds. The molecule has 0 bridgehead atoms. The summed E-state index contributed by atoms with van der Waals surface area (Å²) in [6, 6.07) is 6.43. The standard InChI is InChI=1S/C7H5N2O3S/c10-7-5-3-1-2-4-6(5)8-13(12)9(7)11/h1-4,8H/q-1. The Morgan fingerprint density at radius 1 is 1.38 bits per heavy atom. The summed E-state index contributed by atoms with van der Waals surface area (Å²) in [5.41, 5.74) is 0.676. The molecule has 2 rings (SSSR count). The molecule has 1 N–H and O–H groups in total. The van der Waals surface area contributed by atoms with Gasteiger partial charge in [0.2, 0.25) is 11.2 Å². The Bertz CT molecular complexity index is 393. The molecular weight excluding hydrogens is 192 g/mol. The highest BCUT2D eigenvalue weighted by atomic mass is 32.2. The molecule has 1 aliphatic heterocycles. The van der Waals surface area contributed by atoms with Crippen LogP contribution in [0.3, 0.4) is 0 Å². The summed E-state index contributed by atoms with van der Waals surface area (Å²) in [7, 11) is 0. The van der Waals surface area contributed by atoms with E-state index in [0.717, 1.165) is 0 Å². The van der Waals surface area contributed by atoms with Crippen LogP contribution in [0.4, 0.5) is 5.69 Å². The molecule has 1 atom stereocenters. The number of hydrogen-bond acceptors (Lipinski definition) is 3. The van der Waals surface area contributed by atoms with Crippen molar-refractivity contribution < 1.29 is 9.00 Å². The smallest absolute Gasteiger partial charge is 0.258 e. The van der Waals surface area contributed by atoms with E-state index < -0.39 is 17.1 Å². The van der Waals surface area contributed by atoms with Gasteiger partial charge in [-0.2, -0.15) is 0 Å². The van der Waals surface area contributed by atoms with Gasteiger partial charge >= 0.3 is 0 Å². The molecule has 0 aromatic heterocycles. The molecular formula is C7H5N2O3S-. The molecule has 0 saturated heterocycles. The van der Waals surface area contributed by atoms with E-state index in [1.54, 1.807) is 18.2 Å². The quantitative estimate of drug-likeness (QED) is 0.663. The van der Waals surface area contributed by atoms with Gasteiger partial charge in [0.05, 0.1) is 11.3 Å². The Labute approximate surface area is 76.7 Å². The first kappa shape index (κ1) is 8.21. The minimum absolute atomic E-state index is 0.0810. The summed E-state index contributed by atoms with van der Waals surface area (Å²) in [6.07, 6.45) is 0. The zero-order valence-electron chi connectivity index (χ0n) is 6.39. The minimum atomic E-state index is -2.00. The van der Waals surface area contributed by atoms with Gasteiger partial charge in [-0.05, 0) is 12.1 Å². The summed E-state index contributed by atoms with van der Waals surface area (Å²) >= 11 is -2.00. The fraction of sp³-hybridized carbons (Fsp3) is 0. The second-order valence-corrected chi connectivity index (χ2v) is 3.49. The first-order valence-electron chi connectivity index (χ1n) is 3.49. The topological polar surface area (TPSA) is 72.5 Å². The Kier molecular flexibility index (Phi) is 1.78. The number of hydroxylamine groups is 1. The van der Waals surface area contributed by atoms with Gasteiger partial charge in [-0.25, -0.2) is 4.21 Å². The van der Waals surface area contributed by atoms with Crippen molar-refractivity contribution in [3.8, 4) is 0 Å². The Hall–Kier alpha value is -1.40. The van der Waals surface area contributed by atoms with Gasteiger partial charge in [-0.3, -0.25) is 9.52 Å². The lowest BCUT2D eigenvalue weighted by Crippen LogP contribution is -2.36. The maximum atomic E-state index is 11.2. The van der Waals surface area contributed by atoms with Crippen LogP contribution in [0.2, 0.25) is 0 Å². The fourth-order valence-electron chi connectivity index (χ4n) is 1.07. The number of carbonyl (C=O) groups is 1. The number of carbonyl (C=O) groups excluding carboxylic acids is 1. The van der Waals surface area contributed by atoms with Crippen LogP contribution in [0.1, 0.15) is 10.4 Å². The van der Waals surface area contributed by atoms with Crippen molar-refractivity contribution >= 4 is 22.8 Å². The molecule has 5 nitrogen and oxygen atoms in total. The van der Waals surface area contributed by atoms with Crippen LogP contribution >= 0.6 is 0 Å². The number of anilines is 1. The first-order valence-corrected chi connectivity index (χ1v) is 4.60. The molecule has 0 aliphatic carbocycles. The first-order chi connectivity index (χ1) is 6.20. The highest BCUT2D eigenvalue weighted by Crippen LogP contribution is 2.22. The maximum Gasteiger partial charge on any atom is 0.258 e. The number of hydrogen-bond donors (Lipinski definition) is 1. The van der Waals surface area contributed by atoms with Crippen molar-refractivity contribution in [2.75, 3.05) is 4.72 Å². The molecule has 1 aliphatic rings. The third-order valence-electron chi connectivity index (χ3n) is 1.67. The fourth-order valence-corrected chi connectivity index (χ4v) is 1.77. The van der Waals surface area contributed by atoms with Crippen LogP contribution in [0.5, 0.6) is 0 Å². The molecule has 0 radical (unpaired) electrons. The van der Waals surface area contributed by atoms with E-state index in [1.807, 2.05) is 0 Å². The van der Waals surface area contributed by atoms with Crippen molar-refractivity contribution in [3.05, 3.63) is 35.0 Å². The summed E-state index contributed by atoms with van der Waals surface area (Å²) in [5.74, 6) is -0.771. The van der Waals surface area contributed by atoms with Crippen molar-refractivity contribution in [2.45, 2.75) is 0 Å². The second kappa shape index (κ2) is 2.82. The Morgan fingerprint density at radius 2 is 2.08 bits per heavy atom. The normalized spacial score (nSPS) is 20.8. The largest absolute Gasteiger partial charge is 0.743 e. The molecule has 0 fully saturated rings. The van der Waals surface area contributed by atoms with Gasteiger partial charge in [0.15, 0.2) is 0 Å². The molecule has 68 valence electrons. The Balaban J connectivity index is 2.55. The number of fused-ring (bicyclic) bond motifs is 1. The average molecular weight is 197 g/mol. The molecule has 0 spiro atoms. The number of nitrogens with one attached hydrogen (secondary N) is 1. The average Bonchev–Trinajstić information content (AvgIpc) is 2.15. The van der Waals surface area contributed by atoms with Gasteiger partial charge in [0, 0.05) is 0 Å². The van der Waals surface area contributed by atoms with Crippen LogP contribution in [-0.4, -0.2) is 14.6 Å². The van der Waals surface area contributed by atoms with E-state index in [4.69, 9.17) is 0 Å². The van der Waals surface area contributed by atoms with Crippen LogP contribution in [0.15, 0.2) is 24.3 Å². The maximum absolute atomic E-state index is 11.2. The van der Waals surface area contributed by atoms with Crippen molar-refractivity contribution in [2.24, 2.45) is 0 Å². The number of rotatable bonds is 0. The minimum Gasteiger partial charge on any atom is -0.743 e. The van der Waals surface area contributed by atoms with Crippen LogP contribution in [0, 0.1) is 5.21 Å². The van der Waals surface area contributed by atoms with E-state index in [1.165, 1.54) is 6.07 Å². The van der Waals surface area contributed by atoms with Gasteiger partial charge in [-0.15, -0.1) is 0 Å². The van der Waals surface area contributed by atoms with E-state index in [2.05, 4.69) is 4.72 Å². The summed E-state index contributed by atoms with van der Waals surface area (Å²) < 4.78 is 13.3. The van der Waals surface area contributed by atoms with Crippen LogP contribution in [0.25, 0.3) is 0 Å². The summed E-state index contributed by atoms with van der Waals surface area (Å²) in [4.78, 5) is 11.2. The van der Waals surface area contributed by atoms with Gasteiger partial charge in [0.1, 0.15) is 0 Å².